The van der Waals surface area contributed by atoms with Crippen molar-refractivity contribution in [2.24, 2.45) is 0 Å². The number of sulfonamides is 1. The second-order valence-corrected chi connectivity index (χ2v) is 7.92. The quantitative estimate of drug-likeness (QED) is 0.786. The highest BCUT2D eigenvalue weighted by atomic mass is 79.9. The molecule has 0 aromatic carbocycles. The third-order valence-corrected chi connectivity index (χ3v) is 6.66. The summed E-state index contributed by atoms with van der Waals surface area (Å²) >= 11 is 4.80. The zero-order valence-electron chi connectivity index (χ0n) is 8.10. The fourth-order valence-electron chi connectivity index (χ4n) is 1.60. The molecule has 1 aromatic rings. The van der Waals surface area contributed by atoms with E-state index in [-0.39, 0.29) is 0 Å². The lowest BCUT2D eigenvalue weighted by Crippen LogP contribution is -2.38. The van der Waals surface area contributed by atoms with Gasteiger partial charge in [0.1, 0.15) is 4.21 Å². The Bertz CT molecular complexity index is 407. The monoisotopic (exact) mass is 309 g/mol. The van der Waals surface area contributed by atoms with Gasteiger partial charge in [0.25, 0.3) is 10.0 Å². The van der Waals surface area contributed by atoms with Crippen molar-refractivity contribution in [1.82, 2.24) is 4.31 Å². The predicted octanol–water partition coefficient (Wildman–Crippen LogP) is 2.30. The smallest absolute Gasteiger partial charge is 0.206 e. The average molecular weight is 310 g/mol. The fraction of sp³-hybridized carbons (Fsp3) is 0.556. The first-order chi connectivity index (χ1) is 7.10. The molecular weight excluding hydrogens is 298 g/mol. The molecule has 1 aliphatic heterocycles. The summed E-state index contributed by atoms with van der Waals surface area (Å²) in [5.41, 5.74) is 0. The van der Waals surface area contributed by atoms with E-state index in [2.05, 4.69) is 15.9 Å². The number of rotatable bonds is 2. The van der Waals surface area contributed by atoms with E-state index >= 15 is 0 Å². The van der Waals surface area contributed by atoms with Gasteiger partial charge >= 0.3 is 0 Å². The van der Waals surface area contributed by atoms with Crippen LogP contribution in [0.15, 0.2) is 21.7 Å². The molecule has 0 spiro atoms. The van der Waals surface area contributed by atoms with Gasteiger partial charge in [0.05, 0.1) is 0 Å². The van der Waals surface area contributed by atoms with Crippen molar-refractivity contribution in [1.29, 1.82) is 0 Å². The SMILES string of the molecule is O=S(=O)(c1cccs1)N1CCC(Br)CC1. The van der Waals surface area contributed by atoms with Gasteiger partial charge in [-0.05, 0) is 24.3 Å². The van der Waals surface area contributed by atoms with E-state index in [9.17, 15) is 8.42 Å². The molecule has 0 radical (unpaired) electrons. The maximum Gasteiger partial charge on any atom is 0.252 e. The molecule has 0 amide bonds. The van der Waals surface area contributed by atoms with Gasteiger partial charge in [-0.2, -0.15) is 4.31 Å². The lowest BCUT2D eigenvalue weighted by atomic mass is 10.2. The van der Waals surface area contributed by atoms with Crippen LogP contribution in [-0.2, 0) is 10.0 Å². The van der Waals surface area contributed by atoms with Crippen molar-refractivity contribution in [3.8, 4) is 0 Å². The molecule has 2 rings (SSSR count). The first-order valence-electron chi connectivity index (χ1n) is 4.78. The molecule has 3 nitrogen and oxygen atoms in total. The third kappa shape index (κ3) is 2.43. The van der Waals surface area contributed by atoms with Crippen LogP contribution in [0.4, 0.5) is 0 Å². The van der Waals surface area contributed by atoms with Gasteiger partial charge < -0.3 is 0 Å². The van der Waals surface area contributed by atoms with Crippen LogP contribution < -0.4 is 0 Å². The standard InChI is InChI=1S/C9H12BrNO2S2/c10-8-3-5-11(6-4-8)15(12,13)9-2-1-7-14-9/h1-2,7-8H,3-6H2. The van der Waals surface area contributed by atoms with Gasteiger partial charge in [-0.25, -0.2) is 8.42 Å². The van der Waals surface area contributed by atoms with Gasteiger partial charge in [-0.1, -0.05) is 22.0 Å². The molecule has 0 saturated carbocycles. The number of halogens is 1. The molecule has 84 valence electrons. The molecule has 1 aliphatic rings. The first kappa shape index (κ1) is 11.6. The molecule has 0 N–H and O–H groups in total. The molecule has 1 saturated heterocycles. The van der Waals surface area contributed by atoms with Crippen LogP contribution in [0.5, 0.6) is 0 Å². The largest absolute Gasteiger partial charge is 0.252 e. The van der Waals surface area contributed by atoms with E-state index in [1.807, 2.05) is 0 Å². The summed E-state index contributed by atoms with van der Waals surface area (Å²) in [6.07, 6.45) is 1.79. The number of nitrogens with zero attached hydrogens (tertiary/aromatic N) is 1. The van der Waals surface area contributed by atoms with E-state index in [0.29, 0.717) is 22.1 Å². The van der Waals surface area contributed by atoms with Crippen molar-refractivity contribution in [3.05, 3.63) is 17.5 Å². The lowest BCUT2D eigenvalue weighted by molar-refractivity contribution is 0.355. The Labute approximate surface area is 102 Å². The van der Waals surface area contributed by atoms with Crippen molar-refractivity contribution < 1.29 is 8.42 Å². The highest BCUT2D eigenvalue weighted by Crippen LogP contribution is 2.25. The van der Waals surface area contributed by atoms with Crippen molar-refractivity contribution in [3.63, 3.8) is 0 Å². The Morgan fingerprint density at radius 3 is 2.60 bits per heavy atom. The molecule has 0 atom stereocenters. The zero-order chi connectivity index (χ0) is 10.9. The molecule has 1 aromatic heterocycles. The van der Waals surface area contributed by atoms with Crippen LogP contribution >= 0.6 is 27.3 Å². The normalized spacial score (nSPS) is 20.6. The molecule has 0 aliphatic carbocycles. The highest BCUT2D eigenvalue weighted by Gasteiger charge is 2.28. The number of alkyl halides is 1. The van der Waals surface area contributed by atoms with E-state index in [1.54, 1.807) is 21.8 Å². The maximum atomic E-state index is 12.1. The van der Waals surface area contributed by atoms with Crippen LogP contribution in [0.1, 0.15) is 12.8 Å². The Morgan fingerprint density at radius 2 is 2.07 bits per heavy atom. The van der Waals surface area contributed by atoms with Crippen LogP contribution in [0.3, 0.4) is 0 Å². The summed E-state index contributed by atoms with van der Waals surface area (Å²) in [6.45, 7) is 1.24. The molecule has 1 fully saturated rings. The predicted molar refractivity (Wildman–Crippen MR) is 65.0 cm³/mol. The molecule has 0 unspecified atom stereocenters. The third-order valence-electron chi connectivity index (χ3n) is 2.47. The van der Waals surface area contributed by atoms with E-state index in [0.717, 1.165) is 12.8 Å². The number of piperidine rings is 1. The highest BCUT2D eigenvalue weighted by molar-refractivity contribution is 9.09. The van der Waals surface area contributed by atoms with Gasteiger partial charge in [-0.3, -0.25) is 0 Å². The molecule has 6 heteroatoms. The summed E-state index contributed by atoms with van der Waals surface area (Å²) in [5, 5.41) is 1.80. The average Bonchev–Trinajstić information content (AvgIpc) is 2.71. The Balaban J connectivity index is 2.17. The minimum Gasteiger partial charge on any atom is -0.206 e. The Morgan fingerprint density at radius 1 is 1.40 bits per heavy atom. The number of thiophene rings is 1. The van der Waals surface area contributed by atoms with E-state index in [4.69, 9.17) is 0 Å². The van der Waals surface area contributed by atoms with E-state index < -0.39 is 10.0 Å². The molecule has 15 heavy (non-hydrogen) atoms. The summed E-state index contributed by atoms with van der Waals surface area (Å²) in [4.78, 5) is 0.465. The van der Waals surface area contributed by atoms with Gasteiger partial charge in [0, 0.05) is 17.9 Å². The van der Waals surface area contributed by atoms with Crippen LogP contribution in [-0.4, -0.2) is 30.6 Å². The maximum absolute atomic E-state index is 12.1. The van der Waals surface area contributed by atoms with E-state index in [1.165, 1.54) is 11.3 Å². The van der Waals surface area contributed by atoms with Crippen LogP contribution in [0, 0.1) is 0 Å². The topological polar surface area (TPSA) is 37.4 Å². The van der Waals surface area contributed by atoms with Crippen LogP contribution in [0.25, 0.3) is 0 Å². The molecular formula is C9H12BrNO2S2. The van der Waals surface area contributed by atoms with Crippen molar-refractivity contribution >= 4 is 37.3 Å². The van der Waals surface area contributed by atoms with Crippen molar-refractivity contribution in [2.75, 3.05) is 13.1 Å². The zero-order valence-corrected chi connectivity index (χ0v) is 11.3. The Kier molecular flexibility index (Phi) is 3.49. The van der Waals surface area contributed by atoms with Gasteiger partial charge in [0.2, 0.25) is 0 Å². The van der Waals surface area contributed by atoms with Gasteiger partial charge in [0.15, 0.2) is 0 Å². The van der Waals surface area contributed by atoms with Gasteiger partial charge in [-0.15, -0.1) is 11.3 Å². The van der Waals surface area contributed by atoms with Crippen LogP contribution in [0.2, 0.25) is 0 Å². The molecule has 2 heterocycles. The summed E-state index contributed by atoms with van der Waals surface area (Å²) in [7, 11) is -3.21. The lowest BCUT2D eigenvalue weighted by Gasteiger charge is -2.28. The summed E-state index contributed by atoms with van der Waals surface area (Å²) in [6, 6.07) is 3.44. The van der Waals surface area contributed by atoms with Crippen molar-refractivity contribution in [2.45, 2.75) is 21.9 Å². The summed E-state index contributed by atoms with van der Waals surface area (Å²) < 4.78 is 26.2. The number of hydrogen-bond acceptors (Lipinski definition) is 3. The second kappa shape index (κ2) is 4.53. The fourth-order valence-corrected chi connectivity index (χ4v) is 4.63. The first-order valence-corrected chi connectivity index (χ1v) is 8.02. The minimum absolute atomic E-state index is 0.454. The minimum atomic E-state index is -3.21. The molecule has 0 bridgehead atoms. The Hall–Kier alpha value is 0.0900. The second-order valence-electron chi connectivity index (χ2n) is 3.51. The number of hydrogen-bond donors (Lipinski definition) is 0. The summed E-state index contributed by atoms with van der Waals surface area (Å²) in [5.74, 6) is 0.